The summed E-state index contributed by atoms with van der Waals surface area (Å²) in [5, 5.41) is 10.7. The van der Waals surface area contributed by atoms with Gasteiger partial charge in [-0.05, 0) is 11.6 Å². The van der Waals surface area contributed by atoms with Gasteiger partial charge in [-0.2, -0.15) is 0 Å². The first-order valence-electron chi connectivity index (χ1n) is 5.78. The van der Waals surface area contributed by atoms with E-state index in [2.05, 4.69) is 0 Å². The molecule has 110 valence electrons. The van der Waals surface area contributed by atoms with Crippen LogP contribution in [0.15, 0.2) is 53.4 Å². The standard InChI is InChI=1S/C13H10ClNO5S/c14-21(18,19)13-8-11(15(16)17)6-7-12(13)20-9-10-4-2-1-3-5-10/h1-8H,9H2. The lowest BCUT2D eigenvalue weighted by molar-refractivity contribution is -0.385. The van der Waals surface area contributed by atoms with Crippen molar-refractivity contribution in [2.75, 3.05) is 0 Å². The number of nitro groups is 1. The molecule has 6 nitrogen and oxygen atoms in total. The van der Waals surface area contributed by atoms with Crippen LogP contribution in [0.4, 0.5) is 5.69 Å². The molecule has 0 fully saturated rings. The highest BCUT2D eigenvalue weighted by molar-refractivity contribution is 8.13. The number of nitrogens with zero attached hydrogens (tertiary/aromatic N) is 1. The highest BCUT2D eigenvalue weighted by Gasteiger charge is 2.21. The van der Waals surface area contributed by atoms with Crippen LogP contribution in [0.2, 0.25) is 0 Å². The summed E-state index contributed by atoms with van der Waals surface area (Å²) < 4.78 is 28.4. The summed E-state index contributed by atoms with van der Waals surface area (Å²) in [6, 6.07) is 12.3. The summed E-state index contributed by atoms with van der Waals surface area (Å²) in [5.41, 5.74) is 0.454. The normalized spacial score (nSPS) is 11.1. The monoisotopic (exact) mass is 327 g/mol. The van der Waals surface area contributed by atoms with E-state index in [9.17, 15) is 18.5 Å². The van der Waals surface area contributed by atoms with E-state index >= 15 is 0 Å². The van der Waals surface area contributed by atoms with Gasteiger partial charge in [-0.3, -0.25) is 10.1 Å². The predicted molar refractivity (Wildman–Crippen MR) is 76.9 cm³/mol. The number of non-ortho nitro benzene ring substituents is 1. The molecule has 0 bridgehead atoms. The van der Waals surface area contributed by atoms with Gasteiger partial charge in [0.05, 0.1) is 4.92 Å². The summed E-state index contributed by atoms with van der Waals surface area (Å²) in [6.45, 7) is 0.123. The van der Waals surface area contributed by atoms with Crippen LogP contribution in [0.5, 0.6) is 5.75 Å². The number of hydrogen-bond acceptors (Lipinski definition) is 5. The van der Waals surface area contributed by atoms with Crippen molar-refractivity contribution in [3.05, 3.63) is 64.2 Å². The van der Waals surface area contributed by atoms with E-state index in [1.807, 2.05) is 18.2 Å². The van der Waals surface area contributed by atoms with Crippen molar-refractivity contribution in [3.8, 4) is 5.75 Å². The highest BCUT2D eigenvalue weighted by atomic mass is 35.7. The topological polar surface area (TPSA) is 86.5 Å². The second-order valence-electron chi connectivity index (χ2n) is 4.10. The van der Waals surface area contributed by atoms with E-state index in [-0.39, 0.29) is 18.0 Å². The molecule has 0 aliphatic heterocycles. The fraction of sp³-hybridized carbons (Fsp3) is 0.0769. The Morgan fingerprint density at radius 1 is 1.14 bits per heavy atom. The lowest BCUT2D eigenvalue weighted by Gasteiger charge is -2.09. The van der Waals surface area contributed by atoms with Crippen LogP contribution in [0, 0.1) is 10.1 Å². The molecular weight excluding hydrogens is 318 g/mol. The Morgan fingerprint density at radius 2 is 1.81 bits per heavy atom. The zero-order valence-electron chi connectivity index (χ0n) is 10.6. The minimum absolute atomic E-state index is 0.0283. The zero-order chi connectivity index (χ0) is 15.5. The fourth-order valence-electron chi connectivity index (χ4n) is 1.66. The van der Waals surface area contributed by atoms with Gasteiger partial charge in [0.1, 0.15) is 17.3 Å². The molecule has 0 radical (unpaired) electrons. The van der Waals surface area contributed by atoms with Crippen LogP contribution in [0.25, 0.3) is 0 Å². The van der Waals surface area contributed by atoms with Crippen molar-refractivity contribution in [1.82, 2.24) is 0 Å². The van der Waals surface area contributed by atoms with Gasteiger partial charge in [0.15, 0.2) is 0 Å². The quantitative estimate of drug-likeness (QED) is 0.478. The number of nitro benzene ring substituents is 1. The third kappa shape index (κ3) is 3.93. The smallest absolute Gasteiger partial charge is 0.271 e. The average Bonchev–Trinajstić information content (AvgIpc) is 2.45. The minimum atomic E-state index is -4.15. The maximum absolute atomic E-state index is 11.5. The van der Waals surface area contributed by atoms with Gasteiger partial charge in [0.25, 0.3) is 14.7 Å². The van der Waals surface area contributed by atoms with Gasteiger partial charge in [-0.1, -0.05) is 30.3 Å². The van der Waals surface area contributed by atoms with E-state index in [0.29, 0.717) is 0 Å². The van der Waals surface area contributed by atoms with E-state index in [0.717, 1.165) is 17.7 Å². The highest BCUT2D eigenvalue weighted by Crippen LogP contribution is 2.31. The van der Waals surface area contributed by atoms with Crippen LogP contribution in [-0.4, -0.2) is 13.3 Å². The average molecular weight is 328 g/mol. The zero-order valence-corrected chi connectivity index (χ0v) is 12.2. The van der Waals surface area contributed by atoms with E-state index < -0.39 is 18.9 Å². The van der Waals surface area contributed by atoms with Gasteiger partial charge in [-0.15, -0.1) is 0 Å². The number of halogens is 1. The Hall–Kier alpha value is -2.12. The Morgan fingerprint density at radius 3 is 2.38 bits per heavy atom. The molecule has 0 spiro atoms. The van der Waals surface area contributed by atoms with Gasteiger partial charge >= 0.3 is 0 Å². The molecule has 0 N–H and O–H groups in total. The van der Waals surface area contributed by atoms with Crippen LogP contribution >= 0.6 is 10.7 Å². The van der Waals surface area contributed by atoms with Crippen LogP contribution in [0.3, 0.4) is 0 Å². The molecule has 0 aliphatic rings. The van der Waals surface area contributed by atoms with Gasteiger partial charge in [0, 0.05) is 22.8 Å². The number of benzene rings is 2. The number of rotatable bonds is 5. The molecule has 2 rings (SSSR count). The second-order valence-corrected chi connectivity index (χ2v) is 6.63. The molecule has 0 aromatic heterocycles. The Labute approximate surface area is 125 Å². The van der Waals surface area contributed by atoms with Crippen molar-refractivity contribution in [2.45, 2.75) is 11.5 Å². The molecule has 2 aromatic carbocycles. The fourth-order valence-corrected chi connectivity index (χ4v) is 2.65. The van der Waals surface area contributed by atoms with E-state index in [4.69, 9.17) is 15.4 Å². The van der Waals surface area contributed by atoms with Crippen molar-refractivity contribution in [2.24, 2.45) is 0 Å². The summed E-state index contributed by atoms with van der Waals surface area (Å²) >= 11 is 0. The molecule has 0 saturated heterocycles. The van der Waals surface area contributed by atoms with Gasteiger partial charge < -0.3 is 4.74 Å². The maximum atomic E-state index is 11.5. The number of ether oxygens (including phenoxy) is 1. The molecule has 8 heteroatoms. The molecule has 0 saturated carbocycles. The molecular formula is C13H10ClNO5S. The summed E-state index contributed by atoms with van der Waals surface area (Å²) in [4.78, 5) is 9.57. The summed E-state index contributed by atoms with van der Waals surface area (Å²) in [6.07, 6.45) is 0. The van der Waals surface area contributed by atoms with Crippen molar-refractivity contribution < 1.29 is 18.1 Å². The second kappa shape index (κ2) is 6.11. The van der Waals surface area contributed by atoms with Gasteiger partial charge in [0.2, 0.25) is 0 Å². The Kier molecular flexibility index (Phi) is 4.44. The lowest BCUT2D eigenvalue weighted by atomic mass is 10.2. The molecule has 0 unspecified atom stereocenters. The van der Waals surface area contributed by atoms with E-state index in [1.54, 1.807) is 12.1 Å². The summed E-state index contributed by atoms with van der Waals surface area (Å²) in [5.74, 6) is -0.0283. The number of hydrogen-bond donors (Lipinski definition) is 0. The molecule has 0 atom stereocenters. The first kappa shape index (κ1) is 15.3. The third-order valence-electron chi connectivity index (χ3n) is 2.64. The van der Waals surface area contributed by atoms with Crippen LogP contribution < -0.4 is 4.74 Å². The van der Waals surface area contributed by atoms with Crippen LogP contribution in [0.1, 0.15) is 5.56 Å². The first-order chi connectivity index (χ1) is 9.88. The molecule has 0 aliphatic carbocycles. The lowest BCUT2D eigenvalue weighted by Crippen LogP contribution is -2.02. The third-order valence-corrected chi connectivity index (χ3v) is 3.98. The first-order valence-corrected chi connectivity index (χ1v) is 8.08. The van der Waals surface area contributed by atoms with Crippen molar-refractivity contribution >= 4 is 25.4 Å². The van der Waals surface area contributed by atoms with E-state index in [1.165, 1.54) is 6.07 Å². The summed E-state index contributed by atoms with van der Waals surface area (Å²) in [7, 11) is 1.14. The molecule has 2 aromatic rings. The van der Waals surface area contributed by atoms with Gasteiger partial charge in [-0.25, -0.2) is 8.42 Å². The molecule has 0 amide bonds. The maximum Gasteiger partial charge on any atom is 0.271 e. The minimum Gasteiger partial charge on any atom is -0.487 e. The Balaban J connectivity index is 2.33. The Bertz CT molecular complexity index is 761. The van der Waals surface area contributed by atoms with Crippen molar-refractivity contribution in [1.29, 1.82) is 0 Å². The largest absolute Gasteiger partial charge is 0.487 e. The predicted octanol–water partition coefficient (Wildman–Crippen LogP) is 3.10. The van der Waals surface area contributed by atoms with Crippen LogP contribution in [-0.2, 0) is 15.7 Å². The molecule has 21 heavy (non-hydrogen) atoms. The van der Waals surface area contributed by atoms with Crippen molar-refractivity contribution in [3.63, 3.8) is 0 Å². The molecule has 0 heterocycles. The SMILES string of the molecule is O=[N+]([O-])c1ccc(OCc2ccccc2)c(S(=O)(=O)Cl)c1.